The minimum absolute atomic E-state index is 0.0709. The first kappa shape index (κ1) is 13.6. The summed E-state index contributed by atoms with van der Waals surface area (Å²) < 4.78 is 0. The monoisotopic (exact) mass is 235 g/mol. The molecule has 0 spiro atoms. The van der Waals surface area contributed by atoms with Gasteiger partial charge in [0.2, 0.25) is 5.91 Å². The number of aromatic nitrogens is 1. The molecule has 0 fully saturated rings. The van der Waals surface area contributed by atoms with E-state index in [1.165, 1.54) is 5.56 Å². The van der Waals surface area contributed by atoms with Gasteiger partial charge in [-0.2, -0.15) is 0 Å². The second kappa shape index (κ2) is 7.79. The van der Waals surface area contributed by atoms with Crippen LogP contribution in [0.25, 0.3) is 0 Å². The van der Waals surface area contributed by atoms with Gasteiger partial charge in [-0.15, -0.1) is 0 Å². The molecule has 4 heteroatoms. The van der Waals surface area contributed by atoms with Crippen LogP contribution >= 0.6 is 0 Å². The van der Waals surface area contributed by atoms with Crippen molar-refractivity contribution in [2.75, 3.05) is 13.1 Å². The SMILES string of the molecule is CCCNC(=O)C(C)NCCc1ccncc1. The highest BCUT2D eigenvalue weighted by Crippen LogP contribution is 1.96. The highest BCUT2D eigenvalue weighted by Gasteiger charge is 2.10. The maximum Gasteiger partial charge on any atom is 0.236 e. The summed E-state index contributed by atoms with van der Waals surface area (Å²) in [6, 6.07) is 3.84. The molecule has 1 amide bonds. The van der Waals surface area contributed by atoms with Crippen molar-refractivity contribution in [3.05, 3.63) is 30.1 Å². The Hall–Kier alpha value is -1.42. The molecule has 1 aromatic rings. The van der Waals surface area contributed by atoms with Crippen LogP contribution in [0.5, 0.6) is 0 Å². The lowest BCUT2D eigenvalue weighted by atomic mass is 10.2. The standard InChI is InChI=1S/C13H21N3O/c1-3-7-16-13(17)11(2)15-10-6-12-4-8-14-9-5-12/h4-5,8-9,11,15H,3,6-7,10H2,1-2H3,(H,16,17). The number of hydrogen-bond acceptors (Lipinski definition) is 3. The maximum absolute atomic E-state index is 11.6. The molecule has 0 bridgehead atoms. The van der Waals surface area contributed by atoms with E-state index in [4.69, 9.17) is 0 Å². The summed E-state index contributed by atoms with van der Waals surface area (Å²) in [5.74, 6) is 0.0709. The number of nitrogens with zero attached hydrogens (tertiary/aromatic N) is 1. The van der Waals surface area contributed by atoms with Gasteiger partial charge >= 0.3 is 0 Å². The fourth-order valence-electron chi connectivity index (χ4n) is 1.48. The van der Waals surface area contributed by atoms with Gasteiger partial charge in [-0.05, 0) is 44.0 Å². The Bertz CT molecular complexity index is 327. The Balaban J connectivity index is 2.20. The van der Waals surface area contributed by atoms with Gasteiger partial charge in [0.1, 0.15) is 0 Å². The van der Waals surface area contributed by atoms with E-state index >= 15 is 0 Å². The number of hydrogen-bond donors (Lipinski definition) is 2. The number of nitrogens with one attached hydrogen (secondary N) is 2. The predicted octanol–water partition coefficient (Wildman–Crippen LogP) is 1.13. The van der Waals surface area contributed by atoms with Crippen LogP contribution in [0.15, 0.2) is 24.5 Å². The van der Waals surface area contributed by atoms with Crippen molar-refractivity contribution in [3.63, 3.8) is 0 Å². The first-order valence-corrected chi connectivity index (χ1v) is 6.14. The lowest BCUT2D eigenvalue weighted by Gasteiger charge is -2.13. The molecule has 2 N–H and O–H groups in total. The normalized spacial score (nSPS) is 12.1. The van der Waals surface area contributed by atoms with Crippen molar-refractivity contribution in [1.82, 2.24) is 15.6 Å². The molecule has 0 aromatic carbocycles. The molecule has 1 heterocycles. The van der Waals surface area contributed by atoms with Crippen LogP contribution in [0.1, 0.15) is 25.8 Å². The summed E-state index contributed by atoms with van der Waals surface area (Å²) in [6.07, 6.45) is 5.45. The van der Waals surface area contributed by atoms with Gasteiger partial charge in [0.15, 0.2) is 0 Å². The third-order valence-electron chi connectivity index (χ3n) is 2.56. The van der Waals surface area contributed by atoms with Gasteiger partial charge in [-0.1, -0.05) is 6.92 Å². The second-order valence-corrected chi connectivity index (χ2v) is 4.07. The third-order valence-corrected chi connectivity index (χ3v) is 2.56. The Morgan fingerprint density at radius 1 is 1.35 bits per heavy atom. The van der Waals surface area contributed by atoms with E-state index in [-0.39, 0.29) is 11.9 Å². The Morgan fingerprint density at radius 2 is 2.06 bits per heavy atom. The van der Waals surface area contributed by atoms with Crippen LogP contribution in [0.2, 0.25) is 0 Å². The number of rotatable bonds is 7. The molecule has 17 heavy (non-hydrogen) atoms. The quantitative estimate of drug-likeness (QED) is 0.745. The molecule has 1 unspecified atom stereocenters. The zero-order valence-electron chi connectivity index (χ0n) is 10.6. The molecule has 0 saturated heterocycles. The van der Waals surface area contributed by atoms with E-state index < -0.39 is 0 Å². The van der Waals surface area contributed by atoms with Gasteiger partial charge in [-0.25, -0.2) is 0 Å². The van der Waals surface area contributed by atoms with Gasteiger partial charge in [0, 0.05) is 18.9 Å². The van der Waals surface area contributed by atoms with Crippen molar-refractivity contribution < 1.29 is 4.79 Å². The molecular weight excluding hydrogens is 214 g/mol. The summed E-state index contributed by atoms with van der Waals surface area (Å²) in [4.78, 5) is 15.5. The minimum atomic E-state index is -0.136. The van der Waals surface area contributed by atoms with E-state index in [9.17, 15) is 4.79 Å². The average Bonchev–Trinajstić information content (AvgIpc) is 2.37. The van der Waals surface area contributed by atoms with E-state index in [0.717, 1.165) is 25.9 Å². The number of amides is 1. The first-order chi connectivity index (χ1) is 8.24. The molecule has 1 rings (SSSR count). The molecule has 94 valence electrons. The summed E-state index contributed by atoms with van der Waals surface area (Å²) in [5.41, 5.74) is 1.23. The van der Waals surface area contributed by atoms with E-state index in [1.54, 1.807) is 12.4 Å². The summed E-state index contributed by atoms with van der Waals surface area (Å²) in [5, 5.41) is 6.08. The van der Waals surface area contributed by atoms with Gasteiger partial charge in [-0.3, -0.25) is 9.78 Å². The molecule has 1 aromatic heterocycles. The Labute approximate surface area is 103 Å². The molecule has 0 radical (unpaired) electrons. The second-order valence-electron chi connectivity index (χ2n) is 4.07. The summed E-state index contributed by atoms with van der Waals surface area (Å²) in [7, 11) is 0. The van der Waals surface area contributed by atoms with Gasteiger partial charge < -0.3 is 10.6 Å². The highest BCUT2D eigenvalue weighted by atomic mass is 16.2. The fraction of sp³-hybridized carbons (Fsp3) is 0.538. The minimum Gasteiger partial charge on any atom is -0.355 e. The largest absolute Gasteiger partial charge is 0.355 e. The van der Waals surface area contributed by atoms with Crippen molar-refractivity contribution in [2.24, 2.45) is 0 Å². The Morgan fingerprint density at radius 3 is 2.71 bits per heavy atom. The molecule has 1 atom stereocenters. The van der Waals surface area contributed by atoms with Crippen LogP contribution in [0.4, 0.5) is 0 Å². The smallest absolute Gasteiger partial charge is 0.236 e. The Kier molecular flexibility index (Phi) is 6.25. The lowest BCUT2D eigenvalue weighted by molar-refractivity contribution is -0.122. The van der Waals surface area contributed by atoms with E-state index in [1.807, 2.05) is 26.0 Å². The van der Waals surface area contributed by atoms with Crippen LogP contribution in [0, 0.1) is 0 Å². The van der Waals surface area contributed by atoms with Crippen molar-refractivity contribution in [2.45, 2.75) is 32.7 Å². The zero-order valence-corrected chi connectivity index (χ0v) is 10.6. The molecule has 0 aliphatic rings. The lowest BCUT2D eigenvalue weighted by Crippen LogP contribution is -2.43. The van der Waals surface area contributed by atoms with Gasteiger partial charge in [0.05, 0.1) is 6.04 Å². The average molecular weight is 235 g/mol. The highest BCUT2D eigenvalue weighted by molar-refractivity contribution is 5.81. The van der Waals surface area contributed by atoms with E-state index in [0.29, 0.717) is 0 Å². The molecule has 4 nitrogen and oxygen atoms in total. The number of pyridine rings is 1. The van der Waals surface area contributed by atoms with Gasteiger partial charge in [0.25, 0.3) is 0 Å². The summed E-state index contributed by atoms with van der Waals surface area (Å²) >= 11 is 0. The zero-order chi connectivity index (χ0) is 12.5. The van der Waals surface area contributed by atoms with Crippen molar-refractivity contribution in [1.29, 1.82) is 0 Å². The number of carbonyl (C=O) groups excluding carboxylic acids is 1. The molecule has 0 saturated carbocycles. The maximum atomic E-state index is 11.6. The van der Waals surface area contributed by atoms with E-state index in [2.05, 4.69) is 15.6 Å². The first-order valence-electron chi connectivity index (χ1n) is 6.14. The molecule has 0 aliphatic heterocycles. The summed E-state index contributed by atoms with van der Waals surface area (Å²) in [6.45, 7) is 5.47. The molecular formula is C13H21N3O. The predicted molar refractivity (Wildman–Crippen MR) is 68.7 cm³/mol. The molecule has 0 aliphatic carbocycles. The number of carbonyl (C=O) groups is 1. The van der Waals surface area contributed by atoms with Crippen LogP contribution in [-0.2, 0) is 11.2 Å². The fourth-order valence-corrected chi connectivity index (χ4v) is 1.48. The third kappa shape index (κ3) is 5.45. The topological polar surface area (TPSA) is 54.0 Å². The van der Waals surface area contributed by atoms with Crippen LogP contribution < -0.4 is 10.6 Å². The van der Waals surface area contributed by atoms with Crippen molar-refractivity contribution >= 4 is 5.91 Å². The van der Waals surface area contributed by atoms with Crippen LogP contribution in [-0.4, -0.2) is 30.0 Å². The van der Waals surface area contributed by atoms with Crippen LogP contribution in [0.3, 0.4) is 0 Å². The van der Waals surface area contributed by atoms with Crippen molar-refractivity contribution in [3.8, 4) is 0 Å².